The van der Waals surface area contributed by atoms with Crippen LogP contribution in [0.25, 0.3) is 11.0 Å². The summed E-state index contributed by atoms with van der Waals surface area (Å²) in [5.74, 6) is 1.21. The Balaban J connectivity index is 1.87. The van der Waals surface area contributed by atoms with E-state index in [1.807, 2.05) is 38.1 Å². The van der Waals surface area contributed by atoms with Crippen molar-refractivity contribution in [2.75, 3.05) is 6.54 Å². The molecule has 0 unspecified atom stereocenters. The zero-order chi connectivity index (χ0) is 13.7. The van der Waals surface area contributed by atoms with Gasteiger partial charge in [-0.3, -0.25) is 4.79 Å². The summed E-state index contributed by atoms with van der Waals surface area (Å²) in [5, 5.41) is 2.98. The first-order valence-corrected chi connectivity index (χ1v) is 6.96. The fourth-order valence-corrected chi connectivity index (χ4v) is 2.23. The van der Waals surface area contributed by atoms with Crippen LogP contribution in [-0.2, 0) is 11.2 Å². The average Bonchev–Trinajstić information content (AvgIpc) is 2.82. The number of para-hydroxylation sites is 2. The van der Waals surface area contributed by atoms with Gasteiger partial charge in [0.15, 0.2) is 0 Å². The van der Waals surface area contributed by atoms with Gasteiger partial charge in [0, 0.05) is 18.9 Å². The molecule has 2 rings (SSSR count). The van der Waals surface area contributed by atoms with Gasteiger partial charge < -0.3 is 10.3 Å². The number of aromatic amines is 1. The summed E-state index contributed by atoms with van der Waals surface area (Å²) in [6.07, 6.45) is 2.53. The predicted octanol–water partition coefficient (Wildman–Crippen LogP) is 2.66. The molecule has 0 aliphatic rings. The zero-order valence-electron chi connectivity index (χ0n) is 11.6. The molecule has 1 aromatic heterocycles. The molecule has 0 fully saturated rings. The van der Waals surface area contributed by atoms with Gasteiger partial charge >= 0.3 is 0 Å². The zero-order valence-corrected chi connectivity index (χ0v) is 11.6. The van der Waals surface area contributed by atoms with Crippen molar-refractivity contribution in [3.63, 3.8) is 0 Å². The second-order valence-corrected chi connectivity index (χ2v) is 4.76. The molecule has 0 saturated heterocycles. The number of amides is 1. The maximum atomic E-state index is 11.8. The molecule has 102 valence electrons. The third-order valence-electron chi connectivity index (χ3n) is 3.46. The Bertz CT molecular complexity index is 510. The number of hydrogen-bond acceptors (Lipinski definition) is 2. The van der Waals surface area contributed by atoms with E-state index >= 15 is 0 Å². The molecule has 0 saturated carbocycles. The molecule has 4 nitrogen and oxygen atoms in total. The van der Waals surface area contributed by atoms with E-state index in [1.54, 1.807) is 0 Å². The highest BCUT2D eigenvalue weighted by atomic mass is 16.1. The number of rotatable bonds is 6. The van der Waals surface area contributed by atoms with Crippen LogP contribution >= 0.6 is 0 Å². The van der Waals surface area contributed by atoms with E-state index in [0.717, 1.165) is 36.1 Å². The van der Waals surface area contributed by atoms with E-state index in [9.17, 15) is 4.79 Å². The smallest absolute Gasteiger partial charge is 0.223 e. The highest BCUT2D eigenvalue weighted by Crippen LogP contribution is 2.10. The van der Waals surface area contributed by atoms with Gasteiger partial charge in [-0.25, -0.2) is 4.98 Å². The standard InChI is InChI=1S/C15H21N3O/c1-3-11(4-2)15(19)16-10-9-14-17-12-7-5-6-8-13(12)18-14/h5-8,11H,3-4,9-10H2,1-2H3,(H,16,19)(H,17,18). The summed E-state index contributed by atoms with van der Waals surface area (Å²) in [7, 11) is 0. The second kappa shape index (κ2) is 6.36. The van der Waals surface area contributed by atoms with E-state index in [2.05, 4.69) is 15.3 Å². The lowest BCUT2D eigenvalue weighted by Gasteiger charge is -2.11. The first kappa shape index (κ1) is 13.6. The summed E-state index contributed by atoms with van der Waals surface area (Å²) < 4.78 is 0. The Hall–Kier alpha value is -1.84. The number of imidazole rings is 1. The molecule has 0 aliphatic heterocycles. The Labute approximate surface area is 113 Å². The maximum absolute atomic E-state index is 11.8. The molecule has 0 spiro atoms. The molecule has 0 radical (unpaired) electrons. The molecular formula is C15H21N3O. The molecule has 2 N–H and O–H groups in total. The van der Waals surface area contributed by atoms with Crippen LogP contribution in [0.15, 0.2) is 24.3 Å². The number of aromatic nitrogens is 2. The molecule has 2 aromatic rings. The number of carbonyl (C=O) groups excluding carboxylic acids is 1. The molecule has 0 aliphatic carbocycles. The Morgan fingerprint density at radius 2 is 2.05 bits per heavy atom. The molecule has 0 bridgehead atoms. The minimum absolute atomic E-state index is 0.135. The summed E-state index contributed by atoms with van der Waals surface area (Å²) in [5.41, 5.74) is 2.02. The van der Waals surface area contributed by atoms with Crippen molar-refractivity contribution >= 4 is 16.9 Å². The number of carbonyl (C=O) groups is 1. The fourth-order valence-electron chi connectivity index (χ4n) is 2.23. The Morgan fingerprint density at radius 3 is 2.74 bits per heavy atom. The summed E-state index contributed by atoms with van der Waals surface area (Å²) in [6.45, 7) is 4.73. The van der Waals surface area contributed by atoms with Crippen LogP contribution < -0.4 is 5.32 Å². The molecule has 1 amide bonds. The van der Waals surface area contributed by atoms with Gasteiger partial charge in [0.05, 0.1) is 11.0 Å². The number of fused-ring (bicyclic) bond motifs is 1. The molecule has 1 heterocycles. The highest BCUT2D eigenvalue weighted by molar-refractivity contribution is 5.78. The molecule has 1 aromatic carbocycles. The number of hydrogen-bond donors (Lipinski definition) is 2. The van der Waals surface area contributed by atoms with Crippen molar-refractivity contribution in [3.8, 4) is 0 Å². The van der Waals surface area contributed by atoms with Crippen LogP contribution in [0.4, 0.5) is 0 Å². The minimum Gasteiger partial charge on any atom is -0.355 e. The third kappa shape index (κ3) is 3.34. The van der Waals surface area contributed by atoms with Crippen LogP contribution in [0.3, 0.4) is 0 Å². The quantitative estimate of drug-likeness (QED) is 0.838. The van der Waals surface area contributed by atoms with E-state index in [1.165, 1.54) is 0 Å². The van der Waals surface area contributed by atoms with Gasteiger partial charge in [-0.2, -0.15) is 0 Å². The van der Waals surface area contributed by atoms with Crippen molar-refractivity contribution in [2.24, 2.45) is 5.92 Å². The Kier molecular flexibility index (Phi) is 4.55. The SMILES string of the molecule is CCC(CC)C(=O)NCCc1nc2ccccc2[nH]1. The number of nitrogens with zero attached hydrogens (tertiary/aromatic N) is 1. The van der Waals surface area contributed by atoms with E-state index < -0.39 is 0 Å². The van der Waals surface area contributed by atoms with Gasteiger partial charge in [0.1, 0.15) is 5.82 Å². The van der Waals surface area contributed by atoms with Crippen molar-refractivity contribution in [2.45, 2.75) is 33.1 Å². The average molecular weight is 259 g/mol. The van der Waals surface area contributed by atoms with Crippen LogP contribution in [0, 0.1) is 5.92 Å². The largest absolute Gasteiger partial charge is 0.355 e. The first-order chi connectivity index (χ1) is 9.24. The highest BCUT2D eigenvalue weighted by Gasteiger charge is 2.13. The predicted molar refractivity (Wildman–Crippen MR) is 76.9 cm³/mol. The van der Waals surface area contributed by atoms with E-state index in [0.29, 0.717) is 6.54 Å². The van der Waals surface area contributed by atoms with Gasteiger partial charge in [0.25, 0.3) is 0 Å². The van der Waals surface area contributed by atoms with Gasteiger partial charge in [-0.15, -0.1) is 0 Å². The molecule has 4 heteroatoms. The molecular weight excluding hydrogens is 238 g/mol. The first-order valence-electron chi connectivity index (χ1n) is 6.96. The maximum Gasteiger partial charge on any atom is 0.223 e. The lowest BCUT2D eigenvalue weighted by molar-refractivity contribution is -0.125. The molecule has 19 heavy (non-hydrogen) atoms. The van der Waals surface area contributed by atoms with Crippen molar-refractivity contribution in [3.05, 3.63) is 30.1 Å². The lowest BCUT2D eigenvalue weighted by atomic mass is 10.0. The summed E-state index contributed by atoms with van der Waals surface area (Å²) in [4.78, 5) is 19.6. The Morgan fingerprint density at radius 1 is 1.32 bits per heavy atom. The normalized spacial score (nSPS) is 11.1. The van der Waals surface area contributed by atoms with Crippen molar-refractivity contribution < 1.29 is 4.79 Å². The monoisotopic (exact) mass is 259 g/mol. The number of benzene rings is 1. The van der Waals surface area contributed by atoms with Gasteiger partial charge in [-0.05, 0) is 25.0 Å². The van der Waals surface area contributed by atoms with Crippen LogP contribution in [-0.4, -0.2) is 22.4 Å². The number of nitrogens with one attached hydrogen (secondary N) is 2. The van der Waals surface area contributed by atoms with Crippen molar-refractivity contribution in [1.29, 1.82) is 0 Å². The van der Waals surface area contributed by atoms with Crippen LogP contribution in [0.2, 0.25) is 0 Å². The lowest BCUT2D eigenvalue weighted by Crippen LogP contribution is -2.31. The number of H-pyrrole nitrogens is 1. The summed E-state index contributed by atoms with van der Waals surface area (Å²) >= 11 is 0. The third-order valence-corrected chi connectivity index (χ3v) is 3.46. The van der Waals surface area contributed by atoms with Crippen LogP contribution in [0.1, 0.15) is 32.5 Å². The van der Waals surface area contributed by atoms with E-state index in [-0.39, 0.29) is 11.8 Å². The van der Waals surface area contributed by atoms with E-state index in [4.69, 9.17) is 0 Å². The topological polar surface area (TPSA) is 57.8 Å². The fraction of sp³-hybridized carbons (Fsp3) is 0.467. The summed E-state index contributed by atoms with van der Waals surface area (Å²) in [6, 6.07) is 7.95. The molecule has 0 atom stereocenters. The van der Waals surface area contributed by atoms with Crippen LogP contribution in [0.5, 0.6) is 0 Å². The minimum atomic E-state index is 0.135. The van der Waals surface area contributed by atoms with Gasteiger partial charge in [-0.1, -0.05) is 26.0 Å². The second-order valence-electron chi connectivity index (χ2n) is 4.76. The van der Waals surface area contributed by atoms with Crippen molar-refractivity contribution in [1.82, 2.24) is 15.3 Å². The van der Waals surface area contributed by atoms with Gasteiger partial charge in [0.2, 0.25) is 5.91 Å².